The molecule has 0 radical (unpaired) electrons. The zero-order valence-corrected chi connectivity index (χ0v) is 32.7. The van der Waals surface area contributed by atoms with Crippen molar-refractivity contribution in [3.05, 3.63) is 11.3 Å². The van der Waals surface area contributed by atoms with Crippen LogP contribution in [0, 0.1) is 58.7 Å². The van der Waals surface area contributed by atoms with Gasteiger partial charge in [0.05, 0.1) is 12.2 Å². The lowest BCUT2D eigenvalue weighted by Gasteiger charge is -2.62. The maximum absolute atomic E-state index is 13.5. The number of aliphatic hydroxyl groups excluding tert-OH is 2. The van der Waals surface area contributed by atoms with Crippen LogP contribution in [0.25, 0.3) is 0 Å². The van der Waals surface area contributed by atoms with Crippen molar-refractivity contribution in [2.24, 2.45) is 46.3 Å². The third-order valence-corrected chi connectivity index (χ3v) is 16.2. The molecule has 0 bridgehead atoms. The van der Waals surface area contributed by atoms with Crippen molar-refractivity contribution in [1.82, 2.24) is 20.9 Å². The Kier molecular flexibility index (Phi) is 11.8. The molecule has 2 aliphatic heterocycles. The molecule has 1 saturated heterocycles. The van der Waals surface area contributed by atoms with Crippen LogP contribution in [0.15, 0.2) is 11.3 Å². The molecular formula is C41H62N4O6S. The molecule has 0 aromatic carbocycles. The van der Waals surface area contributed by atoms with Crippen LogP contribution in [-0.2, 0) is 19.2 Å². The minimum Gasteiger partial charge on any atom is -0.393 e. The highest BCUT2D eigenvalue weighted by Gasteiger charge is 2.64. The fourth-order valence-corrected chi connectivity index (χ4v) is 13.1. The summed E-state index contributed by atoms with van der Waals surface area (Å²) in [6.07, 6.45) is 15.5. The largest absolute Gasteiger partial charge is 0.393 e. The standard InChI is InChI=1S/C41H62N4O6S/c1-7-9-11-33(48)42-32(10-8-2)43-37(50)36-24(4)22-52-39-35(38(51)45(36)39)44-34(49)17-12-23(3)28-15-16-29-27-14-13-25-20-26(46)18-19-40(25,5)30(27)21-31(47)41(28,29)6/h2,23,25-32,35,39,46-47H,7,9-22H2,1,3-6H3,(H,42,48)(H,43,50)(H,44,49). The van der Waals surface area contributed by atoms with Gasteiger partial charge in [-0.2, -0.15) is 0 Å². The molecule has 4 saturated carbocycles. The Balaban J connectivity index is 1.02. The first kappa shape index (κ1) is 39.2. The van der Waals surface area contributed by atoms with Gasteiger partial charge in [0.25, 0.3) is 11.8 Å². The topological polar surface area (TPSA) is 148 Å². The number of β-lactam (4-membered cyclic amide) rings is 1. The molecule has 0 aromatic heterocycles. The van der Waals surface area contributed by atoms with E-state index in [9.17, 15) is 29.4 Å². The van der Waals surface area contributed by atoms with E-state index in [0.717, 1.165) is 56.9 Å². The Morgan fingerprint density at radius 3 is 2.54 bits per heavy atom. The van der Waals surface area contributed by atoms with Gasteiger partial charge >= 0.3 is 0 Å². The van der Waals surface area contributed by atoms with Gasteiger partial charge in [-0.15, -0.1) is 24.1 Å². The van der Waals surface area contributed by atoms with E-state index in [2.05, 4.69) is 42.6 Å². The monoisotopic (exact) mass is 738 g/mol. The van der Waals surface area contributed by atoms with Crippen LogP contribution < -0.4 is 16.0 Å². The van der Waals surface area contributed by atoms with Crippen molar-refractivity contribution in [3.63, 3.8) is 0 Å². The van der Waals surface area contributed by atoms with Gasteiger partial charge in [-0.3, -0.25) is 24.1 Å². The summed E-state index contributed by atoms with van der Waals surface area (Å²) in [6.45, 7) is 10.8. The zero-order valence-electron chi connectivity index (χ0n) is 31.9. The van der Waals surface area contributed by atoms with Gasteiger partial charge in [0.1, 0.15) is 23.3 Å². The van der Waals surface area contributed by atoms with Crippen LogP contribution in [0.4, 0.5) is 0 Å². The Labute approximate surface area is 314 Å². The second kappa shape index (κ2) is 15.7. The smallest absolute Gasteiger partial charge is 0.269 e. The van der Waals surface area contributed by atoms with Crippen LogP contribution in [0.1, 0.15) is 125 Å². The van der Waals surface area contributed by atoms with Gasteiger partial charge in [-0.1, -0.05) is 34.1 Å². The number of aliphatic hydroxyl groups is 2. The number of hydrogen-bond acceptors (Lipinski definition) is 7. The minimum atomic E-state index is -0.747. The van der Waals surface area contributed by atoms with E-state index in [1.807, 2.05) is 13.8 Å². The highest BCUT2D eigenvalue weighted by atomic mass is 32.2. The number of hydrogen-bond donors (Lipinski definition) is 5. The molecule has 2 heterocycles. The summed E-state index contributed by atoms with van der Waals surface area (Å²) in [6, 6.07) is -0.707. The van der Waals surface area contributed by atoms with Gasteiger partial charge in [-0.05, 0) is 123 Å². The highest BCUT2D eigenvalue weighted by Crippen LogP contribution is 2.68. The molecule has 4 aliphatic carbocycles. The number of terminal acetylenes is 1. The third-order valence-electron chi connectivity index (χ3n) is 14.7. The summed E-state index contributed by atoms with van der Waals surface area (Å²) in [5.41, 5.74) is 1.04. The Hall–Kier alpha value is -2.55. The summed E-state index contributed by atoms with van der Waals surface area (Å²) in [4.78, 5) is 54.1. The number of nitrogens with zero attached hydrogens (tertiary/aromatic N) is 1. The number of carbonyl (C=O) groups excluding carboxylic acids is 4. The van der Waals surface area contributed by atoms with E-state index >= 15 is 0 Å². The average Bonchev–Trinajstić information content (AvgIpc) is 3.47. The van der Waals surface area contributed by atoms with Crippen molar-refractivity contribution in [2.45, 2.75) is 154 Å². The van der Waals surface area contributed by atoms with Crippen molar-refractivity contribution in [2.75, 3.05) is 5.75 Å². The van der Waals surface area contributed by atoms with Crippen molar-refractivity contribution < 1.29 is 29.4 Å². The second-order valence-electron chi connectivity index (χ2n) is 17.6. The van der Waals surface area contributed by atoms with Gasteiger partial charge in [0.2, 0.25) is 11.8 Å². The van der Waals surface area contributed by atoms with Gasteiger partial charge in [-0.25, -0.2) is 0 Å². The second-order valence-corrected chi connectivity index (χ2v) is 18.7. The predicted octanol–water partition coefficient (Wildman–Crippen LogP) is 4.84. The lowest BCUT2D eigenvalue weighted by atomic mass is 9.43. The predicted molar refractivity (Wildman–Crippen MR) is 202 cm³/mol. The SMILES string of the molecule is C#CCC(NC(=O)CCCC)NC(=O)C1=C(C)CSC2C(NC(=O)CCC(C)C3CCC4C5CCC6CC(O)CCC6(C)C5CC(O)C34C)C(=O)N12. The lowest BCUT2D eigenvalue weighted by Crippen LogP contribution is -2.71. The fraction of sp³-hybridized carbons (Fsp3) is 0.805. The van der Waals surface area contributed by atoms with Gasteiger partial charge in [0.15, 0.2) is 0 Å². The van der Waals surface area contributed by atoms with E-state index in [1.54, 1.807) is 0 Å². The van der Waals surface area contributed by atoms with Gasteiger partial charge in [0, 0.05) is 25.0 Å². The summed E-state index contributed by atoms with van der Waals surface area (Å²) in [5, 5.41) is 30.5. The first-order valence-corrected chi connectivity index (χ1v) is 21.1. The molecule has 0 aromatic rings. The molecule has 5 fully saturated rings. The Morgan fingerprint density at radius 1 is 1.04 bits per heavy atom. The molecule has 52 heavy (non-hydrogen) atoms. The number of fused-ring (bicyclic) bond motifs is 6. The zero-order chi connectivity index (χ0) is 37.5. The van der Waals surface area contributed by atoms with Crippen LogP contribution in [0.5, 0.6) is 0 Å². The average molecular weight is 739 g/mol. The quantitative estimate of drug-likeness (QED) is 0.109. The molecule has 5 N–H and O–H groups in total. The van der Waals surface area contributed by atoms with Crippen molar-refractivity contribution in [1.29, 1.82) is 0 Å². The van der Waals surface area contributed by atoms with Crippen molar-refractivity contribution in [3.8, 4) is 12.3 Å². The first-order chi connectivity index (χ1) is 24.7. The Morgan fingerprint density at radius 2 is 1.81 bits per heavy atom. The molecule has 11 heteroatoms. The van der Waals surface area contributed by atoms with E-state index in [0.29, 0.717) is 54.6 Å². The molecule has 288 valence electrons. The lowest BCUT2D eigenvalue weighted by molar-refractivity contribution is -0.175. The number of amides is 4. The molecule has 6 rings (SSSR count). The molecule has 13 unspecified atom stereocenters. The third kappa shape index (κ3) is 7.06. The maximum Gasteiger partial charge on any atom is 0.269 e. The molecular weight excluding hydrogens is 677 g/mol. The van der Waals surface area contributed by atoms with E-state index in [-0.39, 0.29) is 64.2 Å². The highest BCUT2D eigenvalue weighted by molar-refractivity contribution is 8.00. The minimum absolute atomic E-state index is 0.117. The van der Waals surface area contributed by atoms with Gasteiger partial charge < -0.3 is 26.2 Å². The normalized spacial score (nSPS) is 39.1. The molecule has 4 amide bonds. The van der Waals surface area contributed by atoms with Crippen molar-refractivity contribution >= 4 is 35.4 Å². The van der Waals surface area contributed by atoms with E-state index < -0.39 is 18.1 Å². The van der Waals surface area contributed by atoms with Crippen LogP contribution >= 0.6 is 11.8 Å². The van der Waals surface area contributed by atoms with Crippen LogP contribution in [0.2, 0.25) is 0 Å². The first-order valence-electron chi connectivity index (χ1n) is 20.1. The van der Waals surface area contributed by atoms with E-state index in [4.69, 9.17) is 6.42 Å². The van der Waals surface area contributed by atoms with E-state index in [1.165, 1.54) is 29.5 Å². The van der Waals surface area contributed by atoms with Crippen LogP contribution in [-0.4, -0.2) is 74.3 Å². The molecule has 13 atom stereocenters. The van der Waals surface area contributed by atoms with Crippen LogP contribution in [0.3, 0.4) is 0 Å². The summed E-state index contributed by atoms with van der Waals surface area (Å²) < 4.78 is 0. The summed E-state index contributed by atoms with van der Waals surface area (Å²) >= 11 is 1.53. The fourth-order valence-electron chi connectivity index (χ4n) is 11.8. The number of unbranched alkanes of at least 4 members (excludes halogenated alkanes) is 1. The Bertz CT molecular complexity index is 1480. The number of thioether (sulfide) groups is 1. The number of carbonyl (C=O) groups is 4. The number of rotatable bonds is 12. The molecule has 0 spiro atoms. The molecule has 10 nitrogen and oxygen atoms in total. The molecule has 6 aliphatic rings. The summed E-state index contributed by atoms with van der Waals surface area (Å²) in [7, 11) is 0. The maximum atomic E-state index is 13.5. The summed E-state index contributed by atoms with van der Waals surface area (Å²) in [5.74, 6) is 4.64. The number of nitrogens with one attached hydrogen (secondary N) is 3.